The van der Waals surface area contributed by atoms with Gasteiger partial charge in [0.05, 0.1) is 4.91 Å². The van der Waals surface area contributed by atoms with Crippen molar-refractivity contribution in [3.8, 4) is 0 Å². The third-order valence-electron chi connectivity index (χ3n) is 3.00. The Kier molecular flexibility index (Phi) is 8.52. The van der Waals surface area contributed by atoms with E-state index in [1.165, 1.54) is 22.7 Å². The number of hydrogen-bond acceptors (Lipinski definition) is 5. The fourth-order valence-electron chi connectivity index (χ4n) is 1.97. The van der Waals surface area contributed by atoms with Crippen LogP contribution in [0.25, 0.3) is 0 Å². The van der Waals surface area contributed by atoms with Crippen LogP contribution in [-0.4, -0.2) is 47.2 Å². The van der Waals surface area contributed by atoms with E-state index in [0.29, 0.717) is 30.2 Å². The van der Waals surface area contributed by atoms with Crippen molar-refractivity contribution in [3.05, 3.63) is 11.0 Å². The smallest absolute Gasteiger partial charge is 0.267 e. The van der Waals surface area contributed by atoms with Gasteiger partial charge in [0.2, 0.25) is 5.91 Å². The van der Waals surface area contributed by atoms with Gasteiger partial charge in [-0.25, -0.2) is 0 Å². The van der Waals surface area contributed by atoms with Gasteiger partial charge in [-0.05, 0) is 18.6 Å². The molecule has 0 fully saturated rings. The van der Waals surface area contributed by atoms with Crippen molar-refractivity contribution in [1.82, 2.24) is 10.2 Å². The van der Waals surface area contributed by atoms with E-state index in [1.54, 1.807) is 0 Å². The van der Waals surface area contributed by atoms with Crippen LogP contribution >= 0.6 is 24.4 Å². The van der Waals surface area contributed by atoms with Gasteiger partial charge in [-0.1, -0.05) is 13.3 Å². The lowest BCUT2D eigenvalue weighted by molar-refractivity contribution is -0.137. The predicted octanol–water partition coefficient (Wildman–Crippen LogP) is 1.60. The SMILES string of the molecule is CCSC1=CC(=O)N(CCCCCC(=O)NCCS)C1=O. The summed E-state index contributed by atoms with van der Waals surface area (Å²) >= 11 is 5.42. The van der Waals surface area contributed by atoms with Gasteiger partial charge in [0.1, 0.15) is 0 Å². The predicted molar refractivity (Wildman–Crippen MR) is 88.3 cm³/mol. The minimum absolute atomic E-state index is 0.0284. The molecule has 0 spiro atoms. The topological polar surface area (TPSA) is 66.5 Å². The maximum absolute atomic E-state index is 11.9. The third-order valence-corrected chi connectivity index (χ3v) is 4.11. The summed E-state index contributed by atoms with van der Waals surface area (Å²) in [6, 6.07) is 0. The molecule has 0 aromatic carbocycles. The number of unbranched alkanes of at least 4 members (excludes halogenated alkanes) is 2. The first-order valence-electron chi connectivity index (χ1n) is 7.18. The molecule has 1 rings (SSSR count). The van der Waals surface area contributed by atoms with Crippen molar-refractivity contribution >= 4 is 42.1 Å². The molecule has 1 N–H and O–H groups in total. The Balaban J connectivity index is 2.18. The summed E-state index contributed by atoms with van der Waals surface area (Å²) in [5.74, 6) is 1.04. The number of thioether (sulfide) groups is 1. The van der Waals surface area contributed by atoms with E-state index in [9.17, 15) is 14.4 Å². The molecule has 5 nitrogen and oxygen atoms in total. The van der Waals surface area contributed by atoms with E-state index in [-0.39, 0.29) is 17.7 Å². The van der Waals surface area contributed by atoms with Crippen LogP contribution in [-0.2, 0) is 14.4 Å². The number of hydrogen-bond donors (Lipinski definition) is 2. The molecule has 1 heterocycles. The lowest BCUT2D eigenvalue weighted by Gasteiger charge is -2.14. The average molecular weight is 330 g/mol. The Morgan fingerprint density at radius 1 is 1.33 bits per heavy atom. The Bertz CT molecular complexity index is 424. The third kappa shape index (κ3) is 6.13. The van der Waals surface area contributed by atoms with E-state index < -0.39 is 0 Å². The number of amides is 3. The lowest BCUT2D eigenvalue weighted by Crippen LogP contribution is -2.31. The first-order valence-corrected chi connectivity index (χ1v) is 8.79. The van der Waals surface area contributed by atoms with Gasteiger partial charge in [-0.15, -0.1) is 11.8 Å². The molecule has 21 heavy (non-hydrogen) atoms. The fourth-order valence-corrected chi connectivity index (χ4v) is 2.81. The molecule has 118 valence electrons. The summed E-state index contributed by atoms with van der Waals surface area (Å²) in [6.07, 6.45) is 4.21. The van der Waals surface area contributed by atoms with Crippen LogP contribution in [0, 0.1) is 0 Å². The number of carbonyl (C=O) groups is 3. The molecule has 3 amide bonds. The van der Waals surface area contributed by atoms with E-state index in [4.69, 9.17) is 0 Å². The molecular weight excluding hydrogens is 308 g/mol. The molecule has 1 aliphatic heterocycles. The van der Waals surface area contributed by atoms with Crippen LogP contribution in [0.2, 0.25) is 0 Å². The van der Waals surface area contributed by atoms with Crippen molar-refractivity contribution in [1.29, 1.82) is 0 Å². The Labute approximate surface area is 135 Å². The molecule has 0 aromatic rings. The molecule has 0 bridgehead atoms. The molecule has 7 heteroatoms. The van der Waals surface area contributed by atoms with Crippen molar-refractivity contribution in [2.75, 3.05) is 24.6 Å². The molecule has 0 atom stereocenters. The second-order valence-corrected chi connectivity index (χ2v) is 6.37. The quantitative estimate of drug-likeness (QED) is 0.363. The number of rotatable bonds is 10. The highest BCUT2D eigenvalue weighted by molar-refractivity contribution is 8.04. The van der Waals surface area contributed by atoms with Gasteiger partial charge in [0, 0.05) is 31.3 Å². The average Bonchev–Trinajstić information content (AvgIpc) is 2.72. The monoisotopic (exact) mass is 330 g/mol. The maximum atomic E-state index is 11.9. The summed E-state index contributed by atoms with van der Waals surface area (Å²) < 4.78 is 0. The van der Waals surface area contributed by atoms with Crippen molar-refractivity contribution in [3.63, 3.8) is 0 Å². The number of nitrogens with one attached hydrogen (secondary N) is 1. The van der Waals surface area contributed by atoms with Crippen molar-refractivity contribution in [2.24, 2.45) is 0 Å². The van der Waals surface area contributed by atoms with Crippen LogP contribution in [0.4, 0.5) is 0 Å². The van der Waals surface area contributed by atoms with Gasteiger partial charge in [0.25, 0.3) is 11.8 Å². The normalized spacial score (nSPS) is 14.6. The summed E-state index contributed by atoms with van der Waals surface area (Å²) in [5, 5.41) is 2.75. The molecular formula is C14H22N2O3S2. The highest BCUT2D eigenvalue weighted by atomic mass is 32.2. The zero-order valence-corrected chi connectivity index (χ0v) is 14.0. The van der Waals surface area contributed by atoms with Gasteiger partial charge in [-0.2, -0.15) is 12.6 Å². The minimum Gasteiger partial charge on any atom is -0.355 e. The largest absolute Gasteiger partial charge is 0.355 e. The van der Waals surface area contributed by atoms with Crippen LogP contribution in [0.15, 0.2) is 11.0 Å². The molecule has 1 aliphatic rings. The standard InChI is InChI=1S/C14H22N2O3S2/c1-2-21-11-10-13(18)16(14(11)19)8-5-3-4-6-12(17)15-7-9-20/h10,20H,2-9H2,1H3,(H,15,17). The van der Waals surface area contributed by atoms with Crippen molar-refractivity contribution in [2.45, 2.75) is 32.6 Å². The van der Waals surface area contributed by atoms with Gasteiger partial charge in [0.15, 0.2) is 0 Å². The van der Waals surface area contributed by atoms with Gasteiger partial charge < -0.3 is 5.32 Å². The number of carbonyl (C=O) groups excluding carboxylic acids is 3. The Morgan fingerprint density at radius 3 is 2.76 bits per heavy atom. The molecule has 0 aromatic heterocycles. The van der Waals surface area contributed by atoms with E-state index >= 15 is 0 Å². The number of nitrogens with zero attached hydrogens (tertiary/aromatic N) is 1. The molecule has 0 saturated heterocycles. The second-order valence-electron chi connectivity index (χ2n) is 4.62. The zero-order chi connectivity index (χ0) is 15.7. The summed E-state index contributed by atoms with van der Waals surface area (Å²) in [5.41, 5.74) is 0. The molecule has 0 radical (unpaired) electrons. The number of imide groups is 1. The second kappa shape index (κ2) is 9.89. The first-order chi connectivity index (χ1) is 10.1. The molecule has 0 aliphatic carbocycles. The molecule has 0 saturated carbocycles. The van der Waals surface area contributed by atoms with Gasteiger partial charge in [-0.3, -0.25) is 19.3 Å². The molecule has 0 unspecified atom stereocenters. The summed E-state index contributed by atoms with van der Waals surface area (Å²) in [6.45, 7) is 2.97. The summed E-state index contributed by atoms with van der Waals surface area (Å²) in [4.78, 5) is 36.8. The van der Waals surface area contributed by atoms with Crippen LogP contribution in [0.5, 0.6) is 0 Å². The van der Waals surface area contributed by atoms with Crippen molar-refractivity contribution < 1.29 is 14.4 Å². The van der Waals surface area contributed by atoms with Gasteiger partial charge >= 0.3 is 0 Å². The Hall–Kier alpha value is -0.950. The van der Waals surface area contributed by atoms with Crippen LogP contribution in [0.1, 0.15) is 32.6 Å². The van der Waals surface area contributed by atoms with E-state index in [0.717, 1.165) is 25.0 Å². The number of thiol groups is 1. The fraction of sp³-hybridized carbons (Fsp3) is 0.643. The first kappa shape index (κ1) is 18.1. The van der Waals surface area contributed by atoms with E-state index in [2.05, 4.69) is 17.9 Å². The van der Waals surface area contributed by atoms with Crippen LogP contribution < -0.4 is 5.32 Å². The van der Waals surface area contributed by atoms with E-state index in [1.807, 2.05) is 6.92 Å². The highest BCUT2D eigenvalue weighted by Crippen LogP contribution is 2.24. The maximum Gasteiger partial charge on any atom is 0.267 e. The Morgan fingerprint density at radius 2 is 2.10 bits per heavy atom. The summed E-state index contributed by atoms with van der Waals surface area (Å²) in [7, 11) is 0. The highest BCUT2D eigenvalue weighted by Gasteiger charge is 2.30. The van der Waals surface area contributed by atoms with Crippen LogP contribution in [0.3, 0.4) is 0 Å². The lowest BCUT2D eigenvalue weighted by atomic mass is 10.2. The zero-order valence-electron chi connectivity index (χ0n) is 12.3. The minimum atomic E-state index is -0.220.